The molecule has 1 aliphatic rings. The van der Waals surface area contributed by atoms with Gasteiger partial charge in [0.25, 0.3) is 0 Å². The molecule has 116 valence electrons. The Morgan fingerprint density at radius 1 is 1.57 bits per heavy atom. The number of carboxylic acid groups (broad SMARTS) is 1. The maximum atomic E-state index is 10.9. The minimum atomic E-state index is -0.767. The predicted octanol–water partition coefficient (Wildman–Crippen LogP) is 2.87. The molecule has 2 rings (SSSR count). The van der Waals surface area contributed by atoms with Crippen molar-refractivity contribution in [2.75, 3.05) is 31.1 Å². The molecule has 0 atom stereocenters. The van der Waals surface area contributed by atoms with Gasteiger partial charge < -0.3 is 10.0 Å². The fourth-order valence-electron chi connectivity index (χ4n) is 2.76. The molecule has 1 N–H and O–H groups in total. The van der Waals surface area contributed by atoms with Gasteiger partial charge in [-0.05, 0) is 41.4 Å². The number of nitrogens with zero attached hydrogens (tertiary/aromatic N) is 3. The number of hydrogen-bond donors (Lipinski definition) is 1. The summed E-state index contributed by atoms with van der Waals surface area (Å²) in [7, 11) is 0. The SMILES string of the molecule is CCN(CC(=O)O)C1CCN(c2ncc(Br)cc2Cl)CC1. The Hall–Kier alpha value is -0.850. The van der Waals surface area contributed by atoms with Crippen molar-refractivity contribution in [2.24, 2.45) is 0 Å². The first-order valence-corrected chi connectivity index (χ1v) is 8.20. The molecular formula is C14H19BrClN3O2. The number of pyridine rings is 1. The molecule has 0 bridgehead atoms. The molecule has 1 aromatic heterocycles. The molecule has 1 saturated heterocycles. The van der Waals surface area contributed by atoms with Crippen LogP contribution in [0.4, 0.5) is 5.82 Å². The van der Waals surface area contributed by atoms with Crippen LogP contribution in [0.25, 0.3) is 0 Å². The summed E-state index contributed by atoms with van der Waals surface area (Å²) in [6.07, 6.45) is 3.60. The van der Waals surface area contributed by atoms with Crippen LogP contribution in [-0.2, 0) is 4.79 Å². The van der Waals surface area contributed by atoms with Crippen molar-refractivity contribution in [3.8, 4) is 0 Å². The summed E-state index contributed by atoms with van der Waals surface area (Å²) < 4.78 is 0.866. The zero-order valence-corrected chi connectivity index (χ0v) is 14.3. The predicted molar refractivity (Wildman–Crippen MR) is 87.1 cm³/mol. The van der Waals surface area contributed by atoms with E-state index in [4.69, 9.17) is 16.7 Å². The lowest BCUT2D eigenvalue weighted by molar-refractivity contribution is -0.139. The second-order valence-electron chi connectivity index (χ2n) is 5.13. The molecule has 5 nitrogen and oxygen atoms in total. The van der Waals surface area contributed by atoms with Gasteiger partial charge in [0.1, 0.15) is 5.82 Å². The van der Waals surface area contributed by atoms with Crippen LogP contribution >= 0.6 is 27.5 Å². The summed E-state index contributed by atoms with van der Waals surface area (Å²) in [5.74, 6) is 0.0384. The van der Waals surface area contributed by atoms with E-state index in [0.29, 0.717) is 11.1 Å². The molecule has 0 radical (unpaired) electrons. The molecule has 2 heterocycles. The van der Waals surface area contributed by atoms with Crippen LogP contribution in [0.1, 0.15) is 19.8 Å². The van der Waals surface area contributed by atoms with Crippen LogP contribution in [0.2, 0.25) is 5.02 Å². The van der Waals surface area contributed by atoms with Crippen LogP contribution in [0.3, 0.4) is 0 Å². The van der Waals surface area contributed by atoms with Gasteiger partial charge in [0.2, 0.25) is 0 Å². The van der Waals surface area contributed by atoms with Gasteiger partial charge >= 0.3 is 5.97 Å². The highest BCUT2D eigenvalue weighted by atomic mass is 79.9. The maximum Gasteiger partial charge on any atom is 0.317 e. The zero-order valence-electron chi connectivity index (χ0n) is 11.9. The minimum absolute atomic E-state index is 0.110. The summed E-state index contributed by atoms with van der Waals surface area (Å²) in [5.41, 5.74) is 0. The number of piperidine rings is 1. The standard InChI is InChI=1S/C14H19BrClN3O2/c1-2-18(9-13(20)21)11-3-5-19(6-4-11)14-12(16)7-10(15)8-17-14/h7-8,11H,2-6,9H2,1H3,(H,20,21). The molecule has 1 aliphatic heterocycles. The summed E-state index contributed by atoms with van der Waals surface area (Å²) in [4.78, 5) is 19.5. The van der Waals surface area contributed by atoms with Crippen molar-refractivity contribution in [1.82, 2.24) is 9.88 Å². The van der Waals surface area contributed by atoms with E-state index in [1.54, 1.807) is 6.20 Å². The van der Waals surface area contributed by atoms with Gasteiger partial charge in [0.05, 0.1) is 11.6 Å². The Balaban J connectivity index is 1.97. The molecule has 0 aliphatic carbocycles. The maximum absolute atomic E-state index is 10.9. The number of aliphatic carboxylic acids is 1. The number of rotatable bonds is 5. The van der Waals surface area contributed by atoms with Gasteiger partial charge in [-0.3, -0.25) is 9.69 Å². The Kier molecular flexibility index (Phi) is 5.84. The van der Waals surface area contributed by atoms with E-state index < -0.39 is 5.97 Å². The van der Waals surface area contributed by atoms with Crippen molar-refractivity contribution in [1.29, 1.82) is 0 Å². The van der Waals surface area contributed by atoms with E-state index in [2.05, 4.69) is 25.8 Å². The number of halogens is 2. The second-order valence-corrected chi connectivity index (χ2v) is 6.46. The lowest BCUT2D eigenvalue weighted by Crippen LogP contribution is -2.46. The fourth-order valence-corrected chi connectivity index (χ4v) is 3.50. The van der Waals surface area contributed by atoms with Gasteiger partial charge in [-0.15, -0.1) is 0 Å². The van der Waals surface area contributed by atoms with Crippen molar-refractivity contribution >= 4 is 39.3 Å². The number of anilines is 1. The van der Waals surface area contributed by atoms with E-state index in [-0.39, 0.29) is 6.54 Å². The quantitative estimate of drug-likeness (QED) is 0.856. The Labute approximate surface area is 138 Å². The molecular weight excluding hydrogens is 358 g/mol. The minimum Gasteiger partial charge on any atom is -0.480 e. The Bertz CT molecular complexity index is 507. The van der Waals surface area contributed by atoms with Crippen LogP contribution in [0.15, 0.2) is 16.7 Å². The van der Waals surface area contributed by atoms with Crippen LogP contribution in [0.5, 0.6) is 0 Å². The van der Waals surface area contributed by atoms with Crippen LogP contribution < -0.4 is 4.90 Å². The lowest BCUT2D eigenvalue weighted by Gasteiger charge is -2.38. The van der Waals surface area contributed by atoms with Crippen molar-refractivity contribution in [2.45, 2.75) is 25.8 Å². The van der Waals surface area contributed by atoms with Gasteiger partial charge in [0, 0.05) is 29.8 Å². The van der Waals surface area contributed by atoms with E-state index in [1.807, 2.05) is 17.9 Å². The highest BCUT2D eigenvalue weighted by molar-refractivity contribution is 9.10. The molecule has 0 amide bonds. The number of hydrogen-bond acceptors (Lipinski definition) is 4. The number of carbonyl (C=O) groups is 1. The summed E-state index contributed by atoms with van der Waals surface area (Å²) >= 11 is 9.59. The van der Waals surface area contributed by atoms with Gasteiger partial charge in [0.15, 0.2) is 0 Å². The molecule has 0 aromatic carbocycles. The van der Waals surface area contributed by atoms with Gasteiger partial charge in [-0.1, -0.05) is 18.5 Å². The van der Waals surface area contributed by atoms with E-state index in [1.165, 1.54) is 0 Å². The number of likely N-dealkylation sites (N-methyl/N-ethyl adjacent to an activating group) is 1. The highest BCUT2D eigenvalue weighted by Crippen LogP contribution is 2.29. The van der Waals surface area contributed by atoms with Crippen LogP contribution in [-0.4, -0.2) is 53.2 Å². The van der Waals surface area contributed by atoms with Crippen molar-refractivity contribution in [3.05, 3.63) is 21.8 Å². The first kappa shape index (κ1) is 16.5. The number of carboxylic acids is 1. The van der Waals surface area contributed by atoms with Crippen molar-refractivity contribution in [3.63, 3.8) is 0 Å². The molecule has 1 fully saturated rings. The average Bonchev–Trinajstić information content (AvgIpc) is 2.45. The number of aromatic nitrogens is 1. The van der Waals surface area contributed by atoms with E-state index in [9.17, 15) is 4.79 Å². The molecule has 0 unspecified atom stereocenters. The third-order valence-corrected chi connectivity index (χ3v) is 4.53. The first-order chi connectivity index (χ1) is 10.0. The average molecular weight is 377 g/mol. The second kappa shape index (κ2) is 7.42. The smallest absolute Gasteiger partial charge is 0.317 e. The molecule has 1 aromatic rings. The summed E-state index contributed by atoms with van der Waals surface area (Å²) in [6.45, 7) is 4.56. The molecule has 21 heavy (non-hydrogen) atoms. The normalized spacial score (nSPS) is 16.5. The zero-order chi connectivity index (χ0) is 15.4. The fraction of sp³-hybridized carbons (Fsp3) is 0.571. The monoisotopic (exact) mass is 375 g/mol. The third kappa shape index (κ3) is 4.31. The molecule has 7 heteroatoms. The largest absolute Gasteiger partial charge is 0.480 e. The molecule has 0 spiro atoms. The lowest BCUT2D eigenvalue weighted by atomic mass is 10.0. The van der Waals surface area contributed by atoms with Gasteiger partial charge in [-0.2, -0.15) is 0 Å². The van der Waals surface area contributed by atoms with E-state index in [0.717, 1.165) is 42.8 Å². The first-order valence-electron chi connectivity index (χ1n) is 7.03. The van der Waals surface area contributed by atoms with E-state index >= 15 is 0 Å². The Morgan fingerprint density at radius 2 is 2.24 bits per heavy atom. The highest BCUT2D eigenvalue weighted by Gasteiger charge is 2.26. The summed E-state index contributed by atoms with van der Waals surface area (Å²) in [5, 5.41) is 9.59. The van der Waals surface area contributed by atoms with Crippen LogP contribution in [0, 0.1) is 0 Å². The third-order valence-electron chi connectivity index (χ3n) is 3.81. The summed E-state index contributed by atoms with van der Waals surface area (Å²) in [6, 6.07) is 2.16. The van der Waals surface area contributed by atoms with Crippen molar-refractivity contribution < 1.29 is 9.90 Å². The topological polar surface area (TPSA) is 56.7 Å². The Morgan fingerprint density at radius 3 is 2.76 bits per heavy atom. The van der Waals surface area contributed by atoms with Gasteiger partial charge in [-0.25, -0.2) is 4.98 Å². The molecule has 0 saturated carbocycles.